The molecule has 0 bridgehead atoms. The highest BCUT2D eigenvalue weighted by molar-refractivity contribution is 5.94. The van der Waals surface area contributed by atoms with Crippen molar-refractivity contribution in [1.29, 1.82) is 0 Å². The number of hydrogen-bond donors (Lipinski definition) is 1. The number of methoxy groups -OCH3 is 1. The fraction of sp³-hybridized carbons (Fsp3) is 0.533. The first kappa shape index (κ1) is 14.1. The van der Waals surface area contributed by atoms with E-state index in [2.05, 4.69) is 10.1 Å². The molecule has 2 atom stereocenters. The molecule has 0 saturated heterocycles. The van der Waals surface area contributed by atoms with Gasteiger partial charge in [0, 0.05) is 12.0 Å². The van der Waals surface area contributed by atoms with Gasteiger partial charge in [0.1, 0.15) is 11.5 Å². The highest BCUT2D eigenvalue weighted by Crippen LogP contribution is 2.54. The molecule has 3 rings (SSSR count). The van der Waals surface area contributed by atoms with Gasteiger partial charge in [-0.3, -0.25) is 4.79 Å². The predicted octanol–water partition coefficient (Wildman–Crippen LogP) is 3.28. The lowest BCUT2D eigenvalue weighted by Gasteiger charge is -2.16. The van der Waals surface area contributed by atoms with Crippen LogP contribution in [0.3, 0.4) is 0 Å². The Bertz CT molecular complexity index is 540. The Kier molecular flexibility index (Phi) is 3.69. The molecule has 1 aromatic rings. The van der Waals surface area contributed by atoms with Crippen molar-refractivity contribution < 1.29 is 23.0 Å². The summed E-state index contributed by atoms with van der Waals surface area (Å²) in [7, 11) is 1.47. The summed E-state index contributed by atoms with van der Waals surface area (Å²) < 4.78 is 34.3. The van der Waals surface area contributed by atoms with Gasteiger partial charge in [-0.05, 0) is 43.2 Å². The van der Waals surface area contributed by atoms with Gasteiger partial charge in [-0.25, -0.2) is 0 Å². The summed E-state index contributed by atoms with van der Waals surface area (Å²) in [5.74, 6) is 1.63. The van der Waals surface area contributed by atoms with Gasteiger partial charge in [0.05, 0.1) is 12.8 Å². The Balaban J connectivity index is 1.73. The minimum absolute atomic E-state index is 0.0284. The highest BCUT2D eigenvalue weighted by atomic mass is 19.3. The Morgan fingerprint density at radius 1 is 1.29 bits per heavy atom. The van der Waals surface area contributed by atoms with Crippen molar-refractivity contribution in [1.82, 2.24) is 0 Å². The van der Waals surface area contributed by atoms with Gasteiger partial charge in [0.2, 0.25) is 5.91 Å². The number of amides is 1. The number of benzene rings is 1. The summed E-state index contributed by atoms with van der Waals surface area (Å²) in [4.78, 5) is 12.2. The predicted molar refractivity (Wildman–Crippen MR) is 72.6 cm³/mol. The van der Waals surface area contributed by atoms with Crippen LogP contribution in [0.25, 0.3) is 0 Å². The van der Waals surface area contributed by atoms with E-state index in [9.17, 15) is 13.6 Å². The molecule has 2 unspecified atom stereocenters. The van der Waals surface area contributed by atoms with Crippen LogP contribution < -0.4 is 14.8 Å². The summed E-state index contributed by atoms with van der Waals surface area (Å²) >= 11 is 0. The standard InChI is InChI=1S/C15H17F2NO3/c1-20-11-2-3-13(21-15(16)17)12(7-11)18-14(19)10-5-8-4-9(8)6-10/h2-3,7-10,15H,4-6H2,1H3,(H,18,19). The molecule has 2 saturated carbocycles. The number of halogens is 2. The summed E-state index contributed by atoms with van der Waals surface area (Å²) in [6.45, 7) is -2.94. The zero-order valence-electron chi connectivity index (χ0n) is 11.6. The lowest BCUT2D eigenvalue weighted by molar-refractivity contribution is -0.120. The minimum Gasteiger partial charge on any atom is -0.497 e. The van der Waals surface area contributed by atoms with Gasteiger partial charge < -0.3 is 14.8 Å². The molecule has 21 heavy (non-hydrogen) atoms. The van der Waals surface area contributed by atoms with Crippen molar-refractivity contribution in [2.45, 2.75) is 25.9 Å². The quantitative estimate of drug-likeness (QED) is 0.907. The largest absolute Gasteiger partial charge is 0.497 e. The zero-order valence-corrected chi connectivity index (χ0v) is 11.6. The van der Waals surface area contributed by atoms with Crippen molar-refractivity contribution in [2.75, 3.05) is 12.4 Å². The van der Waals surface area contributed by atoms with E-state index in [0.29, 0.717) is 17.6 Å². The minimum atomic E-state index is -2.94. The van der Waals surface area contributed by atoms with Crippen LogP contribution >= 0.6 is 0 Å². The van der Waals surface area contributed by atoms with E-state index in [0.717, 1.165) is 12.8 Å². The van der Waals surface area contributed by atoms with Gasteiger partial charge in [-0.2, -0.15) is 8.78 Å². The average molecular weight is 297 g/mol. The number of carbonyl (C=O) groups excluding carboxylic acids is 1. The van der Waals surface area contributed by atoms with Crippen LogP contribution in [-0.4, -0.2) is 19.6 Å². The van der Waals surface area contributed by atoms with E-state index < -0.39 is 6.61 Å². The monoisotopic (exact) mass is 297 g/mol. The molecule has 2 aliphatic rings. The molecule has 0 heterocycles. The smallest absolute Gasteiger partial charge is 0.387 e. The Morgan fingerprint density at radius 3 is 2.62 bits per heavy atom. The number of nitrogens with one attached hydrogen (secondary N) is 1. The van der Waals surface area contributed by atoms with Crippen LogP contribution in [0.15, 0.2) is 18.2 Å². The van der Waals surface area contributed by atoms with Gasteiger partial charge in [-0.1, -0.05) is 0 Å². The second-order valence-corrected chi connectivity index (χ2v) is 5.65. The van der Waals surface area contributed by atoms with E-state index in [1.807, 2.05) is 0 Å². The maximum Gasteiger partial charge on any atom is 0.387 e. The summed E-state index contributed by atoms with van der Waals surface area (Å²) in [6.07, 6.45) is 3.01. The molecule has 1 N–H and O–H groups in total. The van der Waals surface area contributed by atoms with Crippen LogP contribution in [-0.2, 0) is 4.79 Å². The molecule has 1 aromatic carbocycles. The maximum absolute atomic E-state index is 12.4. The van der Waals surface area contributed by atoms with Crippen LogP contribution in [0.2, 0.25) is 0 Å². The lowest BCUT2D eigenvalue weighted by Crippen LogP contribution is -2.22. The number of ether oxygens (including phenoxy) is 2. The molecule has 2 aliphatic carbocycles. The number of carbonyl (C=O) groups is 1. The zero-order chi connectivity index (χ0) is 15.0. The summed E-state index contributed by atoms with van der Waals surface area (Å²) in [5, 5.41) is 2.70. The SMILES string of the molecule is COc1ccc(OC(F)F)c(NC(=O)C2CC3CC3C2)c1. The topological polar surface area (TPSA) is 47.6 Å². The number of fused-ring (bicyclic) bond motifs is 1. The molecule has 0 aliphatic heterocycles. The number of rotatable bonds is 5. The molecular formula is C15H17F2NO3. The van der Waals surface area contributed by atoms with Crippen molar-refractivity contribution in [3.05, 3.63) is 18.2 Å². The average Bonchev–Trinajstić information content (AvgIpc) is 3.06. The van der Waals surface area contributed by atoms with Crippen LogP contribution in [0, 0.1) is 17.8 Å². The first-order valence-electron chi connectivity index (χ1n) is 7.00. The molecule has 0 radical (unpaired) electrons. The Morgan fingerprint density at radius 2 is 2.00 bits per heavy atom. The highest BCUT2D eigenvalue weighted by Gasteiger charge is 2.48. The maximum atomic E-state index is 12.4. The third kappa shape index (κ3) is 3.09. The van der Waals surface area contributed by atoms with Gasteiger partial charge in [-0.15, -0.1) is 0 Å². The second-order valence-electron chi connectivity index (χ2n) is 5.65. The first-order chi connectivity index (χ1) is 10.1. The Hall–Kier alpha value is -1.85. The molecule has 4 nitrogen and oxygen atoms in total. The van der Waals surface area contributed by atoms with Gasteiger partial charge in [0.15, 0.2) is 0 Å². The summed E-state index contributed by atoms with van der Waals surface area (Å²) in [5.41, 5.74) is 0.222. The van der Waals surface area contributed by atoms with Crippen LogP contribution in [0.1, 0.15) is 19.3 Å². The number of hydrogen-bond acceptors (Lipinski definition) is 3. The van der Waals surface area contributed by atoms with Gasteiger partial charge >= 0.3 is 6.61 Å². The molecular weight excluding hydrogens is 280 g/mol. The lowest BCUT2D eigenvalue weighted by atomic mass is 10.0. The Labute approximate surface area is 121 Å². The van der Waals surface area contributed by atoms with E-state index in [1.54, 1.807) is 0 Å². The number of alkyl halides is 2. The van der Waals surface area contributed by atoms with Gasteiger partial charge in [0.25, 0.3) is 0 Å². The van der Waals surface area contributed by atoms with Crippen molar-refractivity contribution >= 4 is 11.6 Å². The van der Waals surface area contributed by atoms with Crippen molar-refractivity contribution in [3.8, 4) is 11.5 Å². The third-order valence-electron chi connectivity index (χ3n) is 4.28. The normalized spacial score (nSPS) is 26.4. The molecule has 0 aromatic heterocycles. The molecule has 1 amide bonds. The number of anilines is 1. The molecule has 0 spiro atoms. The molecule has 6 heteroatoms. The van der Waals surface area contributed by atoms with E-state index >= 15 is 0 Å². The van der Waals surface area contributed by atoms with Crippen LogP contribution in [0.5, 0.6) is 11.5 Å². The first-order valence-corrected chi connectivity index (χ1v) is 7.00. The second kappa shape index (κ2) is 5.50. The van der Waals surface area contributed by atoms with Crippen molar-refractivity contribution in [3.63, 3.8) is 0 Å². The van der Waals surface area contributed by atoms with Crippen LogP contribution in [0.4, 0.5) is 14.5 Å². The fourth-order valence-corrected chi connectivity index (χ4v) is 3.10. The van der Waals surface area contributed by atoms with E-state index in [-0.39, 0.29) is 23.3 Å². The van der Waals surface area contributed by atoms with E-state index in [1.165, 1.54) is 31.7 Å². The molecule has 2 fully saturated rings. The van der Waals surface area contributed by atoms with E-state index in [4.69, 9.17) is 4.74 Å². The van der Waals surface area contributed by atoms with Crippen molar-refractivity contribution in [2.24, 2.45) is 17.8 Å². The molecule has 114 valence electrons. The summed E-state index contributed by atoms with van der Waals surface area (Å²) in [6, 6.07) is 4.37. The fourth-order valence-electron chi connectivity index (χ4n) is 3.10. The third-order valence-corrected chi connectivity index (χ3v) is 4.28.